The van der Waals surface area contributed by atoms with Gasteiger partial charge in [-0.25, -0.2) is 9.40 Å². The molecule has 1 aliphatic rings. The first-order chi connectivity index (χ1) is 15.5. The van der Waals surface area contributed by atoms with Crippen molar-refractivity contribution < 1.29 is 13.9 Å². The quantitative estimate of drug-likeness (QED) is 0.547. The van der Waals surface area contributed by atoms with Gasteiger partial charge < -0.3 is 4.74 Å². The van der Waals surface area contributed by atoms with Crippen LogP contribution < -0.4 is 4.74 Å². The lowest BCUT2D eigenvalue weighted by atomic mass is 9.98. The van der Waals surface area contributed by atoms with Crippen molar-refractivity contribution in [3.05, 3.63) is 101 Å². The number of ether oxygens (including phenoxy) is 1. The SMILES string of the molecule is COc1ccc(C2=NN(C(=O)CN(C)Cc3ccccc3)[C@@H](c3cccc(F)c3)C2)cc1. The molecule has 164 valence electrons. The molecule has 0 radical (unpaired) electrons. The Balaban J connectivity index is 1.56. The van der Waals surface area contributed by atoms with Crippen LogP contribution in [0.4, 0.5) is 4.39 Å². The van der Waals surface area contributed by atoms with Crippen molar-refractivity contribution in [2.24, 2.45) is 5.10 Å². The van der Waals surface area contributed by atoms with Crippen LogP contribution in [0.3, 0.4) is 0 Å². The Hall–Kier alpha value is -3.51. The molecule has 6 heteroatoms. The maximum Gasteiger partial charge on any atom is 0.257 e. The zero-order chi connectivity index (χ0) is 22.5. The summed E-state index contributed by atoms with van der Waals surface area (Å²) in [7, 11) is 3.53. The van der Waals surface area contributed by atoms with E-state index < -0.39 is 0 Å². The molecule has 0 N–H and O–H groups in total. The van der Waals surface area contributed by atoms with Crippen LogP contribution in [0.2, 0.25) is 0 Å². The maximum atomic E-state index is 13.9. The number of halogens is 1. The van der Waals surface area contributed by atoms with Gasteiger partial charge in [-0.3, -0.25) is 9.69 Å². The molecule has 0 saturated heterocycles. The van der Waals surface area contributed by atoms with Crippen LogP contribution in [0.1, 0.15) is 29.2 Å². The predicted octanol–water partition coefficient (Wildman–Crippen LogP) is 4.64. The highest BCUT2D eigenvalue weighted by Gasteiger charge is 2.33. The van der Waals surface area contributed by atoms with E-state index >= 15 is 0 Å². The average molecular weight is 432 g/mol. The van der Waals surface area contributed by atoms with E-state index in [1.54, 1.807) is 13.2 Å². The third-order valence-electron chi connectivity index (χ3n) is 5.52. The highest BCUT2D eigenvalue weighted by Crippen LogP contribution is 2.33. The van der Waals surface area contributed by atoms with Gasteiger partial charge in [-0.05, 0) is 60.1 Å². The van der Waals surface area contributed by atoms with Gasteiger partial charge in [-0.1, -0.05) is 42.5 Å². The van der Waals surface area contributed by atoms with Crippen LogP contribution >= 0.6 is 0 Å². The largest absolute Gasteiger partial charge is 0.497 e. The van der Waals surface area contributed by atoms with Crippen LogP contribution in [0.5, 0.6) is 5.75 Å². The molecule has 0 saturated carbocycles. The normalized spacial score (nSPS) is 15.7. The standard InChI is InChI=1S/C26H26FN3O2/c1-29(17-19-7-4-3-5-8-19)18-26(31)30-25(21-9-6-10-22(27)15-21)16-24(28-30)20-11-13-23(32-2)14-12-20/h3-15,25H,16-18H2,1-2H3/t25-/m1/s1. The fourth-order valence-electron chi connectivity index (χ4n) is 3.93. The summed E-state index contributed by atoms with van der Waals surface area (Å²) in [6, 6.07) is 23.6. The van der Waals surface area contributed by atoms with Gasteiger partial charge in [0.05, 0.1) is 25.4 Å². The van der Waals surface area contributed by atoms with Crippen molar-refractivity contribution in [2.45, 2.75) is 19.0 Å². The molecule has 0 aliphatic carbocycles. The smallest absolute Gasteiger partial charge is 0.257 e. The van der Waals surface area contributed by atoms with Gasteiger partial charge in [0.25, 0.3) is 5.91 Å². The number of nitrogens with zero attached hydrogens (tertiary/aromatic N) is 3. The Labute approximate surface area is 187 Å². The Morgan fingerprint density at radius 3 is 2.53 bits per heavy atom. The van der Waals surface area contributed by atoms with Gasteiger partial charge in [0.15, 0.2) is 0 Å². The molecule has 5 nitrogen and oxygen atoms in total. The molecule has 1 heterocycles. The third-order valence-corrected chi connectivity index (χ3v) is 5.52. The highest BCUT2D eigenvalue weighted by atomic mass is 19.1. The average Bonchev–Trinajstić information content (AvgIpc) is 3.25. The van der Waals surface area contributed by atoms with Crippen LogP contribution in [0.15, 0.2) is 84.0 Å². The highest BCUT2D eigenvalue weighted by molar-refractivity contribution is 6.03. The number of likely N-dealkylation sites (N-methyl/N-ethyl adjacent to an activating group) is 1. The number of hydrazone groups is 1. The van der Waals surface area contributed by atoms with E-state index in [9.17, 15) is 9.18 Å². The van der Waals surface area contributed by atoms with Crippen LogP contribution in [0, 0.1) is 5.82 Å². The van der Waals surface area contributed by atoms with E-state index in [-0.39, 0.29) is 24.3 Å². The number of methoxy groups -OCH3 is 1. The van der Waals surface area contributed by atoms with Crippen molar-refractivity contribution in [3.63, 3.8) is 0 Å². The lowest BCUT2D eigenvalue weighted by molar-refractivity contribution is -0.134. The third kappa shape index (κ3) is 5.03. The zero-order valence-corrected chi connectivity index (χ0v) is 18.2. The van der Waals surface area contributed by atoms with Crippen molar-refractivity contribution >= 4 is 11.6 Å². The number of rotatable bonds is 7. The van der Waals surface area contributed by atoms with Gasteiger partial charge in [-0.15, -0.1) is 0 Å². The molecular weight excluding hydrogens is 405 g/mol. The lowest BCUT2D eigenvalue weighted by Gasteiger charge is -2.25. The Bertz CT molecular complexity index is 1100. The molecule has 1 amide bonds. The summed E-state index contributed by atoms with van der Waals surface area (Å²) < 4.78 is 19.2. The Kier molecular flexibility index (Phi) is 6.61. The van der Waals surface area contributed by atoms with E-state index in [4.69, 9.17) is 4.74 Å². The van der Waals surface area contributed by atoms with Crippen LogP contribution in [-0.4, -0.2) is 42.2 Å². The number of carbonyl (C=O) groups is 1. The van der Waals surface area contributed by atoms with E-state index in [1.165, 1.54) is 17.1 Å². The molecule has 0 fully saturated rings. The molecule has 0 bridgehead atoms. The first-order valence-corrected chi connectivity index (χ1v) is 10.6. The minimum atomic E-state index is -0.347. The summed E-state index contributed by atoms with van der Waals surface area (Å²) in [5.74, 6) is 0.305. The summed E-state index contributed by atoms with van der Waals surface area (Å²) in [6.45, 7) is 0.861. The van der Waals surface area contributed by atoms with Gasteiger partial charge in [0.1, 0.15) is 11.6 Å². The molecular formula is C26H26FN3O2. The molecule has 3 aromatic carbocycles. The van der Waals surface area contributed by atoms with Gasteiger partial charge in [0, 0.05) is 13.0 Å². The lowest BCUT2D eigenvalue weighted by Crippen LogP contribution is -2.36. The molecule has 0 unspecified atom stereocenters. The van der Waals surface area contributed by atoms with E-state index in [1.807, 2.05) is 72.6 Å². The topological polar surface area (TPSA) is 45.1 Å². The van der Waals surface area contributed by atoms with Crippen molar-refractivity contribution in [1.29, 1.82) is 0 Å². The number of amides is 1. The number of carbonyl (C=O) groups excluding carboxylic acids is 1. The van der Waals surface area contributed by atoms with Crippen LogP contribution in [0.25, 0.3) is 0 Å². The zero-order valence-electron chi connectivity index (χ0n) is 18.2. The molecule has 0 spiro atoms. The second-order valence-corrected chi connectivity index (χ2v) is 7.95. The molecule has 1 aliphatic heterocycles. The van der Waals surface area contributed by atoms with E-state index in [2.05, 4.69) is 5.10 Å². The van der Waals surface area contributed by atoms with Crippen molar-refractivity contribution in [1.82, 2.24) is 9.91 Å². The fourth-order valence-corrected chi connectivity index (χ4v) is 3.93. The maximum absolute atomic E-state index is 13.9. The Morgan fingerprint density at radius 1 is 1.09 bits per heavy atom. The minimum absolute atomic E-state index is 0.124. The molecule has 1 atom stereocenters. The second-order valence-electron chi connectivity index (χ2n) is 7.95. The summed E-state index contributed by atoms with van der Waals surface area (Å²) >= 11 is 0. The minimum Gasteiger partial charge on any atom is -0.497 e. The van der Waals surface area contributed by atoms with Gasteiger partial charge in [-0.2, -0.15) is 5.10 Å². The molecule has 3 aromatic rings. The molecule has 0 aromatic heterocycles. The van der Waals surface area contributed by atoms with Crippen molar-refractivity contribution in [3.8, 4) is 5.75 Å². The van der Waals surface area contributed by atoms with E-state index in [0.717, 1.165) is 28.2 Å². The summed E-state index contributed by atoms with van der Waals surface area (Å²) in [5.41, 5.74) is 3.57. The van der Waals surface area contributed by atoms with Gasteiger partial charge >= 0.3 is 0 Å². The predicted molar refractivity (Wildman–Crippen MR) is 123 cm³/mol. The van der Waals surface area contributed by atoms with Crippen molar-refractivity contribution in [2.75, 3.05) is 20.7 Å². The second kappa shape index (κ2) is 9.75. The summed E-state index contributed by atoms with van der Waals surface area (Å²) in [6.07, 6.45) is 0.518. The van der Waals surface area contributed by atoms with E-state index in [0.29, 0.717) is 13.0 Å². The van der Waals surface area contributed by atoms with Gasteiger partial charge in [0.2, 0.25) is 0 Å². The monoisotopic (exact) mass is 431 g/mol. The fraction of sp³-hybridized carbons (Fsp3) is 0.231. The Morgan fingerprint density at radius 2 is 1.84 bits per heavy atom. The first kappa shape index (κ1) is 21.7. The van der Waals surface area contributed by atoms with Crippen LogP contribution in [-0.2, 0) is 11.3 Å². The summed E-state index contributed by atoms with van der Waals surface area (Å²) in [4.78, 5) is 15.2. The summed E-state index contributed by atoms with van der Waals surface area (Å²) in [5, 5.41) is 6.18. The molecule has 4 rings (SSSR count). The molecule has 32 heavy (non-hydrogen) atoms. The number of hydrogen-bond donors (Lipinski definition) is 0. The number of hydrogen-bond acceptors (Lipinski definition) is 4. The number of benzene rings is 3. The first-order valence-electron chi connectivity index (χ1n) is 10.6.